The lowest BCUT2D eigenvalue weighted by Gasteiger charge is -2.26. The van der Waals surface area contributed by atoms with E-state index in [9.17, 15) is 18.0 Å². The minimum atomic E-state index is -4.23. The average Bonchev–Trinajstić information content (AvgIpc) is 3.34. The standard InChI is InChI=1S/C19H20F3N3O2/c1-12(26)24-7-6-17-16(10-24)18(23-25(17)9-15-11-27-15)14-4-2-13(3-5-14)8-19(20,21)22/h2-5,15H,6-11H2,1H3. The number of fused-ring (bicyclic) bond motifs is 1. The van der Waals surface area contributed by atoms with Crippen LogP contribution in [0.1, 0.15) is 23.7 Å². The molecule has 1 aromatic heterocycles. The third-order valence-corrected chi connectivity index (χ3v) is 4.99. The van der Waals surface area contributed by atoms with Crippen LogP contribution in [0.5, 0.6) is 0 Å². The van der Waals surface area contributed by atoms with Gasteiger partial charge >= 0.3 is 6.18 Å². The van der Waals surface area contributed by atoms with Gasteiger partial charge in [0, 0.05) is 43.3 Å². The number of rotatable bonds is 4. The number of carbonyl (C=O) groups is 1. The maximum absolute atomic E-state index is 12.6. The number of nitrogens with zero attached hydrogens (tertiary/aromatic N) is 3. The fraction of sp³-hybridized carbons (Fsp3) is 0.474. The van der Waals surface area contributed by atoms with E-state index in [4.69, 9.17) is 9.84 Å². The second-order valence-corrected chi connectivity index (χ2v) is 7.09. The molecule has 3 heterocycles. The van der Waals surface area contributed by atoms with E-state index < -0.39 is 12.6 Å². The normalized spacial score (nSPS) is 19.1. The van der Waals surface area contributed by atoms with Crippen molar-refractivity contribution in [2.24, 2.45) is 0 Å². The van der Waals surface area contributed by atoms with Crippen molar-refractivity contribution in [3.05, 3.63) is 41.1 Å². The van der Waals surface area contributed by atoms with Gasteiger partial charge in [-0.15, -0.1) is 0 Å². The molecule has 1 saturated heterocycles. The van der Waals surface area contributed by atoms with Crippen molar-refractivity contribution in [2.75, 3.05) is 13.2 Å². The van der Waals surface area contributed by atoms with Crippen molar-refractivity contribution in [3.63, 3.8) is 0 Å². The summed E-state index contributed by atoms with van der Waals surface area (Å²) in [5.41, 5.74) is 3.77. The number of hydrogen-bond acceptors (Lipinski definition) is 3. The first-order valence-electron chi connectivity index (χ1n) is 8.92. The summed E-state index contributed by atoms with van der Waals surface area (Å²) in [5.74, 6) is 0.00500. The second-order valence-electron chi connectivity index (χ2n) is 7.09. The SMILES string of the molecule is CC(=O)N1CCc2c(c(-c3ccc(CC(F)(F)F)cc3)nn2CC2CO2)C1. The van der Waals surface area contributed by atoms with E-state index in [1.165, 1.54) is 12.1 Å². The van der Waals surface area contributed by atoms with Crippen molar-refractivity contribution >= 4 is 5.91 Å². The molecule has 8 heteroatoms. The molecule has 0 aliphatic carbocycles. The van der Waals surface area contributed by atoms with Crippen LogP contribution in [-0.4, -0.2) is 46.0 Å². The largest absolute Gasteiger partial charge is 0.393 e. The number of amides is 1. The van der Waals surface area contributed by atoms with Crippen LogP contribution in [0.2, 0.25) is 0 Å². The Morgan fingerprint density at radius 2 is 2.00 bits per heavy atom. The topological polar surface area (TPSA) is 50.7 Å². The van der Waals surface area contributed by atoms with Gasteiger partial charge in [0.25, 0.3) is 0 Å². The summed E-state index contributed by atoms with van der Waals surface area (Å²) < 4.78 is 45.0. The van der Waals surface area contributed by atoms with Crippen molar-refractivity contribution in [2.45, 2.75) is 45.1 Å². The number of epoxide rings is 1. The minimum Gasteiger partial charge on any atom is -0.371 e. The molecule has 1 aromatic carbocycles. The summed E-state index contributed by atoms with van der Waals surface area (Å²) in [4.78, 5) is 13.6. The Kier molecular flexibility index (Phi) is 4.46. The number of alkyl halides is 3. The highest BCUT2D eigenvalue weighted by atomic mass is 19.4. The van der Waals surface area contributed by atoms with Gasteiger partial charge in [0.1, 0.15) is 6.10 Å². The van der Waals surface area contributed by atoms with Crippen LogP contribution in [0.15, 0.2) is 24.3 Å². The van der Waals surface area contributed by atoms with Crippen LogP contribution in [0.25, 0.3) is 11.3 Å². The maximum Gasteiger partial charge on any atom is 0.393 e. The van der Waals surface area contributed by atoms with Crippen LogP contribution in [-0.2, 0) is 35.5 Å². The first kappa shape index (κ1) is 18.0. The number of hydrogen-bond donors (Lipinski definition) is 0. The summed E-state index contributed by atoms with van der Waals surface area (Å²) in [6, 6.07) is 6.33. The zero-order valence-corrected chi connectivity index (χ0v) is 14.9. The fourth-order valence-corrected chi connectivity index (χ4v) is 3.52. The molecule has 1 atom stereocenters. The molecule has 4 rings (SSSR count). The molecule has 27 heavy (non-hydrogen) atoms. The Morgan fingerprint density at radius 1 is 1.30 bits per heavy atom. The van der Waals surface area contributed by atoms with Gasteiger partial charge in [0.05, 0.1) is 25.3 Å². The number of ether oxygens (including phenoxy) is 1. The molecule has 0 bridgehead atoms. The van der Waals surface area contributed by atoms with E-state index in [1.54, 1.807) is 24.0 Å². The molecular weight excluding hydrogens is 359 g/mol. The maximum atomic E-state index is 12.6. The molecule has 1 fully saturated rings. The van der Waals surface area contributed by atoms with Gasteiger partial charge in [0.15, 0.2) is 0 Å². The van der Waals surface area contributed by atoms with Gasteiger partial charge in [0.2, 0.25) is 5.91 Å². The summed E-state index contributed by atoms with van der Waals surface area (Å²) in [6.45, 7) is 4.03. The predicted molar refractivity (Wildman–Crippen MR) is 92.0 cm³/mol. The molecule has 0 radical (unpaired) electrons. The van der Waals surface area contributed by atoms with Crippen molar-refractivity contribution in [3.8, 4) is 11.3 Å². The molecule has 2 aliphatic rings. The number of benzene rings is 1. The van der Waals surface area contributed by atoms with E-state index in [1.807, 2.05) is 4.68 Å². The van der Waals surface area contributed by atoms with Crippen LogP contribution >= 0.6 is 0 Å². The molecule has 1 amide bonds. The third kappa shape index (κ3) is 4.00. The average molecular weight is 379 g/mol. The molecule has 2 aromatic rings. The van der Waals surface area contributed by atoms with Gasteiger partial charge in [-0.1, -0.05) is 24.3 Å². The van der Waals surface area contributed by atoms with Crippen molar-refractivity contribution in [1.82, 2.24) is 14.7 Å². The zero-order valence-electron chi connectivity index (χ0n) is 14.9. The summed E-state index contributed by atoms with van der Waals surface area (Å²) in [5, 5.41) is 4.72. The smallest absolute Gasteiger partial charge is 0.371 e. The van der Waals surface area contributed by atoms with Crippen LogP contribution in [0.4, 0.5) is 13.2 Å². The molecule has 0 N–H and O–H groups in total. The van der Waals surface area contributed by atoms with Crippen molar-refractivity contribution in [1.29, 1.82) is 0 Å². The van der Waals surface area contributed by atoms with Gasteiger partial charge in [-0.3, -0.25) is 9.48 Å². The quantitative estimate of drug-likeness (QED) is 0.768. The van der Waals surface area contributed by atoms with Crippen LogP contribution < -0.4 is 0 Å². The van der Waals surface area contributed by atoms with Crippen molar-refractivity contribution < 1.29 is 22.7 Å². The van der Waals surface area contributed by atoms with Gasteiger partial charge in [-0.05, 0) is 5.56 Å². The zero-order chi connectivity index (χ0) is 19.2. The Hall–Kier alpha value is -2.35. The molecule has 144 valence electrons. The first-order chi connectivity index (χ1) is 12.8. The summed E-state index contributed by atoms with van der Waals surface area (Å²) in [6.07, 6.45) is -4.30. The lowest BCUT2D eigenvalue weighted by Crippen LogP contribution is -2.34. The predicted octanol–water partition coefficient (Wildman–Crippen LogP) is 2.96. The first-order valence-corrected chi connectivity index (χ1v) is 8.92. The van der Waals surface area contributed by atoms with E-state index >= 15 is 0 Å². The van der Waals surface area contributed by atoms with Crippen LogP contribution in [0, 0.1) is 0 Å². The van der Waals surface area contributed by atoms with Gasteiger partial charge < -0.3 is 9.64 Å². The number of carbonyl (C=O) groups excluding carboxylic acids is 1. The Labute approximate surface area is 154 Å². The highest BCUT2D eigenvalue weighted by Gasteiger charge is 2.31. The van der Waals surface area contributed by atoms with E-state index in [0.29, 0.717) is 26.1 Å². The Morgan fingerprint density at radius 3 is 2.59 bits per heavy atom. The fourth-order valence-electron chi connectivity index (χ4n) is 3.52. The minimum absolute atomic E-state index is 0.00500. The highest BCUT2D eigenvalue weighted by molar-refractivity contribution is 5.74. The molecule has 0 saturated carbocycles. The molecule has 0 spiro atoms. The molecule has 1 unspecified atom stereocenters. The van der Waals surface area contributed by atoms with Gasteiger partial charge in [-0.2, -0.15) is 18.3 Å². The molecule has 5 nitrogen and oxygen atoms in total. The lowest BCUT2D eigenvalue weighted by atomic mass is 9.99. The van der Waals surface area contributed by atoms with Gasteiger partial charge in [-0.25, -0.2) is 0 Å². The highest BCUT2D eigenvalue weighted by Crippen LogP contribution is 2.32. The van der Waals surface area contributed by atoms with E-state index in [0.717, 1.165) is 29.1 Å². The Balaban J connectivity index is 1.67. The van der Waals surface area contributed by atoms with E-state index in [2.05, 4.69) is 0 Å². The number of halogens is 3. The summed E-state index contributed by atoms with van der Waals surface area (Å²) >= 11 is 0. The molecular formula is C19H20F3N3O2. The molecule has 2 aliphatic heterocycles. The lowest BCUT2D eigenvalue weighted by molar-refractivity contribution is -0.130. The Bertz CT molecular complexity index is 854. The van der Waals surface area contributed by atoms with E-state index in [-0.39, 0.29) is 17.6 Å². The third-order valence-electron chi connectivity index (χ3n) is 4.99. The monoisotopic (exact) mass is 379 g/mol. The second kappa shape index (κ2) is 6.67. The summed E-state index contributed by atoms with van der Waals surface area (Å²) in [7, 11) is 0. The van der Waals surface area contributed by atoms with Crippen LogP contribution in [0.3, 0.4) is 0 Å². The number of aromatic nitrogens is 2.